The number of halogens is 1. The summed E-state index contributed by atoms with van der Waals surface area (Å²) in [5, 5.41) is 0. The van der Waals surface area contributed by atoms with Crippen LogP contribution < -0.4 is 0 Å². The molecule has 0 fully saturated rings. The predicted octanol–water partition coefficient (Wildman–Crippen LogP) is 3.96. The Morgan fingerprint density at radius 2 is 2.12 bits per heavy atom. The molecule has 3 rings (SSSR count). The summed E-state index contributed by atoms with van der Waals surface area (Å²) < 4.78 is 0. The number of nitrogens with zero attached hydrogens (tertiary/aromatic N) is 1. The van der Waals surface area contributed by atoms with E-state index in [2.05, 4.69) is 41.4 Å². The lowest BCUT2D eigenvalue weighted by Gasteiger charge is -2.07. The maximum absolute atomic E-state index is 6.01. The minimum Gasteiger partial charge on any atom is -0.251 e. The van der Waals surface area contributed by atoms with Crippen molar-refractivity contribution in [2.75, 3.05) is 5.88 Å². The number of fused-ring (bicyclic) bond motifs is 2. The molecule has 1 aromatic carbocycles. The van der Waals surface area contributed by atoms with Gasteiger partial charge < -0.3 is 0 Å². The van der Waals surface area contributed by atoms with E-state index in [0.29, 0.717) is 5.88 Å². The summed E-state index contributed by atoms with van der Waals surface area (Å²) in [5.74, 6) is 0.444. The first-order chi connectivity index (χ1) is 8.38. The van der Waals surface area contributed by atoms with Crippen molar-refractivity contribution in [3.05, 3.63) is 64.9 Å². The summed E-state index contributed by atoms with van der Waals surface area (Å²) in [6.07, 6.45) is 9.41. The second kappa shape index (κ2) is 4.34. The van der Waals surface area contributed by atoms with Crippen LogP contribution in [0.2, 0.25) is 0 Å². The number of benzene rings is 1. The third-order valence-electron chi connectivity index (χ3n) is 3.04. The van der Waals surface area contributed by atoms with E-state index < -0.39 is 0 Å². The van der Waals surface area contributed by atoms with Crippen LogP contribution in [-0.2, 0) is 0 Å². The molecule has 0 atom stereocenters. The zero-order chi connectivity index (χ0) is 11.7. The fourth-order valence-corrected chi connectivity index (χ4v) is 2.39. The number of allylic oxidation sites excluding steroid dienone is 4. The van der Waals surface area contributed by atoms with Gasteiger partial charge in [-0.1, -0.05) is 36.4 Å². The number of aliphatic imine (C=N–C) groups is 1. The summed E-state index contributed by atoms with van der Waals surface area (Å²) in [5.41, 5.74) is 5.61. The number of alkyl halides is 1. The SMILES string of the molecule is ClCC1=NC2=CC=CCC2=Cc2ccccc21. The average molecular weight is 242 g/mol. The Hall–Kier alpha value is -1.60. The molecular weight excluding hydrogens is 230 g/mol. The maximum Gasteiger partial charge on any atom is 0.0668 e. The lowest BCUT2D eigenvalue weighted by molar-refractivity contribution is 1.17. The molecule has 1 nitrogen and oxygen atoms in total. The summed E-state index contributed by atoms with van der Waals surface area (Å²) in [6.45, 7) is 0. The van der Waals surface area contributed by atoms with E-state index >= 15 is 0 Å². The third kappa shape index (κ3) is 1.87. The molecular formula is C15H12ClN. The van der Waals surface area contributed by atoms with Gasteiger partial charge in [0.15, 0.2) is 0 Å². The van der Waals surface area contributed by atoms with Crippen molar-refractivity contribution in [3.8, 4) is 0 Å². The third-order valence-corrected chi connectivity index (χ3v) is 3.29. The molecule has 2 aliphatic rings. The van der Waals surface area contributed by atoms with Crippen molar-refractivity contribution in [1.82, 2.24) is 0 Å². The second-order valence-corrected chi connectivity index (χ2v) is 4.40. The Labute approximate surface area is 106 Å². The molecule has 1 aliphatic heterocycles. The van der Waals surface area contributed by atoms with Crippen LogP contribution in [0.5, 0.6) is 0 Å². The van der Waals surface area contributed by atoms with Gasteiger partial charge in [0.2, 0.25) is 0 Å². The molecule has 0 amide bonds. The van der Waals surface area contributed by atoms with Crippen LogP contribution in [0.15, 0.2) is 58.8 Å². The van der Waals surface area contributed by atoms with Gasteiger partial charge in [-0.15, -0.1) is 11.6 Å². The van der Waals surface area contributed by atoms with Gasteiger partial charge >= 0.3 is 0 Å². The molecule has 1 aromatic rings. The molecule has 0 aromatic heterocycles. The van der Waals surface area contributed by atoms with Gasteiger partial charge in [0.05, 0.1) is 17.3 Å². The molecule has 0 radical (unpaired) electrons. The smallest absolute Gasteiger partial charge is 0.0668 e. The largest absolute Gasteiger partial charge is 0.251 e. The van der Waals surface area contributed by atoms with Crippen molar-refractivity contribution in [2.45, 2.75) is 6.42 Å². The molecule has 0 saturated heterocycles. The molecule has 2 heteroatoms. The van der Waals surface area contributed by atoms with E-state index in [9.17, 15) is 0 Å². The van der Waals surface area contributed by atoms with Gasteiger partial charge in [0.1, 0.15) is 0 Å². The summed E-state index contributed by atoms with van der Waals surface area (Å²) in [6, 6.07) is 8.28. The number of hydrogen-bond donors (Lipinski definition) is 0. The number of rotatable bonds is 1. The predicted molar refractivity (Wildman–Crippen MR) is 73.5 cm³/mol. The lowest BCUT2D eigenvalue weighted by Crippen LogP contribution is -2.04. The van der Waals surface area contributed by atoms with Crippen molar-refractivity contribution in [2.24, 2.45) is 4.99 Å². The first-order valence-electron chi connectivity index (χ1n) is 5.69. The molecule has 1 aliphatic carbocycles. The number of hydrogen-bond acceptors (Lipinski definition) is 1. The highest BCUT2D eigenvalue weighted by Gasteiger charge is 2.15. The standard InChI is InChI=1S/C15H12ClN/c16-10-15-13-7-3-1-5-11(13)9-12-6-2-4-8-14(12)17-15/h1-5,7-9H,6,10H2. The van der Waals surface area contributed by atoms with E-state index in [0.717, 1.165) is 23.4 Å². The van der Waals surface area contributed by atoms with Gasteiger partial charge in [-0.3, -0.25) is 4.99 Å². The Balaban J connectivity index is 2.24. The van der Waals surface area contributed by atoms with Crippen LogP contribution >= 0.6 is 11.6 Å². The first kappa shape index (κ1) is 10.5. The van der Waals surface area contributed by atoms with E-state index in [1.54, 1.807) is 0 Å². The molecule has 0 spiro atoms. The topological polar surface area (TPSA) is 12.4 Å². The maximum atomic E-state index is 6.01. The molecule has 17 heavy (non-hydrogen) atoms. The Morgan fingerprint density at radius 3 is 3.00 bits per heavy atom. The molecule has 0 bridgehead atoms. The fraction of sp³-hybridized carbons (Fsp3) is 0.133. The lowest BCUT2D eigenvalue weighted by atomic mass is 9.99. The molecule has 84 valence electrons. The fourth-order valence-electron chi connectivity index (χ4n) is 2.19. The quantitative estimate of drug-likeness (QED) is 0.660. The summed E-state index contributed by atoms with van der Waals surface area (Å²) in [4.78, 5) is 4.68. The Morgan fingerprint density at radius 1 is 1.24 bits per heavy atom. The van der Waals surface area contributed by atoms with Crippen LogP contribution in [-0.4, -0.2) is 11.6 Å². The van der Waals surface area contributed by atoms with Crippen LogP contribution in [0, 0.1) is 0 Å². The second-order valence-electron chi connectivity index (χ2n) is 4.13. The molecule has 0 unspecified atom stereocenters. The van der Waals surface area contributed by atoms with Gasteiger partial charge in [-0.2, -0.15) is 0 Å². The minimum absolute atomic E-state index is 0.444. The molecule has 0 N–H and O–H groups in total. The Bertz CT molecular complexity index is 576. The van der Waals surface area contributed by atoms with Crippen LogP contribution in [0.25, 0.3) is 6.08 Å². The van der Waals surface area contributed by atoms with Gasteiger partial charge in [0.25, 0.3) is 0 Å². The van der Waals surface area contributed by atoms with Crippen LogP contribution in [0.4, 0.5) is 0 Å². The van der Waals surface area contributed by atoms with Gasteiger partial charge in [-0.25, -0.2) is 0 Å². The first-order valence-corrected chi connectivity index (χ1v) is 6.22. The highest BCUT2D eigenvalue weighted by atomic mass is 35.5. The summed E-state index contributed by atoms with van der Waals surface area (Å²) in [7, 11) is 0. The highest BCUT2D eigenvalue weighted by Crippen LogP contribution is 2.29. The van der Waals surface area contributed by atoms with Crippen molar-refractivity contribution in [3.63, 3.8) is 0 Å². The van der Waals surface area contributed by atoms with Crippen molar-refractivity contribution < 1.29 is 0 Å². The van der Waals surface area contributed by atoms with E-state index in [1.165, 1.54) is 11.1 Å². The van der Waals surface area contributed by atoms with E-state index in [1.807, 2.05) is 12.1 Å². The average Bonchev–Trinajstić information content (AvgIpc) is 2.54. The normalized spacial score (nSPS) is 17.4. The molecule has 1 heterocycles. The molecule has 0 saturated carbocycles. The van der Waals surface area contributed by atoms with Crippen molar-refractivity contribution in [1.29, 1.82) is 0 Å². The van der Waals surface area contributed by atoms with Gasteiger partial charge in [0, 0.05) is 5.56 Å². The summed E-state index contributed by atoms with van der Waals surface area (Å²) >= 11 is 6.01. The van der Waals surface area contributed by atoms with E-state index in [4.69, 9.17) is 11.6 Å². The zero-order valence-corrected chi connectivity index (χ0v) is 10.1. The van der Waals surface area contributed by atoms with Crippen LogP contribution in [0.3, 0.4) is 0 Å². The monoisotopic (exact) mass is 241 g/mol. The Kier molecular flexibility index (Phi) is 2.69. The van der Waals surface area contributed by atoms with Crippen molar-refractivity contribution >= 4 is 23.4 Å². The van der Waals surface area contributed by atoms with E-state index in [-0.39, 0.29) is 0 Å². The zero-order valence-electron chi connectivity index (χ0n) is 9.36. The van der Waals surface area contributed by atoms with Gasteiger partial charge in [-0.05, 0) is 29.7 Å². The minimum atomic E-state index is 0.444. The van der Waals surface area contributed by atoms with Crippen LogP contribution in [0.1, 0.15) is 17.5 Å². The highest BCUT2D eigenvalue weighted by molar-refractivity contribution is 6.32.